The Balaban J connectivity index is 2.89. The first kappa shape index (κ1) is 9.39. The quantitative estimate of drug-likeness (QED) is 0.671. The Morgan fingerprint density at radius 1 is 1.50 bits per heavy atom. The van der Waals surface area contributed by atoms with Crippen molar-refractivity contribution in [3.05, 3.63) is 24.0 Å². The molecule has 3 heteroatoms. The molecule has 0 aliphatic carbocycles. The standard InChI is InChI=1S/C9H11FOS/c1-3-12-7-4-5-8(10)9(6-7)11-2/h4-6H,3H2,1-2H3. The molecule has 12 heavy (non-hydrogen) atoms. The van der Waals surface area contributed by atoms with Crippen molar-refractivity contribution in [2.75, 3.05) is 12.9 Å². The lowest BCUT2D eigenvalue weighted by Gasteiger charge is -2.03. The fourth-order valence-electron chi connectivity index (χ4n) is 0.897. The first-order valence-corrected chi connectivity index (χ1v) is 4.72. The molecular formula is C9H11FOS. The number of methoxy groups -OCH3 is 1. The molecule has 0 aliphatic heterocycles. The molecule has 1 nitrogen and oxygen atoms in total. The van der Waals surface area contributed by atoms with Crippen molar-refractivity contribution in [2.24, 2.45) is 0 Å². The summed E-state index contributed by atoms with van der Waals surface area (Å²) >= 11 is 1.67. The molecule has 0 saturated heterocycles. The van der Waals surface area contributed by atoms with Gasteiger partial charge in [0.25, 0.3) is 0 Å². The van der Waals surface area contributed by atoms with Crippen LogP contribution >= 0.6 is 11.8 Å². The van der Waals surface area contributed by atoms with Crippen LogP contribution in [0.3, 0.4) is 0 Å². The summed E-state index contributed by atoms with van der Waals surface area (Å²) in [6, 6.07) is 4.90. The third-order valence-corrected chi connectivity index (χ3v) is 2.31. The lowest BCUT2D eigenvalue weighted by molar-refractivity contribution is 0.385. The second-order valence-corrected chi connectivity index (χ2v) is 3.57. The Hall–Kier alpha value is -0.700. The molecule has 0 spiro atoms. The highest BCUT2D eigenvalue weighted by Gasteiger charge is 2.02. The number of rotatable bonds is 3. The highest BCUT2D eigenvalue weighted by molar-refractivity contribution is 7.99. The van der Waals surface area contributed by atoms with E-state index in [0.29, 0.717) is 5.75 Å². The van der Waals surface area contributed by atoms with Crippen LogP contribution in [0.25, 0.3) is 0 Å². The molecule has 0 N–H and O–H groups in total. The zero-order chi connectivity index (χ0) is 8.97. The van der Waals surface area contributed by atoms with Gasteiger partial charge in [0.2, 0.25) is 0 Å². The van der Waals surface area contributed by atoms with Gasteiger partial charge in [-0.05, 0) is 24.0 Å². The van der Waals surface area contributed by atoms with Crippen LogP contribution in [0.5, 0.6) is 5.75 Å². The lowest BCUT2D eigenvalue weighted by Crippen LogP contribution is -1.87. The first-order valence-electron chi connectivity index (χ1n) is 3.74. The predicted octanol–water partition coefficient (Wildman–Crippen LogP) is 2.95. The van der Waals surface area contributed by atoms with Crippen molar-refractivity contribution in [1.82, 2.24) is 0 Å². The summed E-state index contributed by atoms with van der Waals surface area (Å²) < 4.78 is 17.7. The van der Waals surface area contributed by atoms with Gasteiger partial charge in [0.15, 0.2) is 11.6 Å². The molecule has 0 fully saturated rings. The van der Waals surface area contributed by atoms with Crippen LogP contribution in [0.15, 0.2) is 23.1 Å². The van der Waals surface area contributed by atoms with Gasteiger partial charge in [0.1, 0.15) is 0 Å². The van der Waals surface area contributed by atoms with Crippen molar-refractivity contribution in [2.45, 2.75) is 11.8 Å². The van der Waals surface area contributed by atoms with Crippen LogP contribution in [0, 0.1) is 5.82 Å². The predicted molar refractivity (Wildman–Crippen MR) is 49.4 cm³/mol. The molecule has 0 saturated carbocycles. The van der Waals surface area contributed by atoms with E-state index in [1.54, 1.807) is 23.9 Å². The Labute approximate surface area is 75.9 Å². The fourth-order valence-corrected chi connectivity index (χ4v) is 1.58. The van der Waals surface area contributed by atoms with Gasteiger partial charge < -0.3 is 4.74 Å². The van der Waals surface area contributed by atoms with Crippen LogP contribution in [0.4, 0.5) is 4.39 Å². The monoisotopic (exact) mass is 186 g/mol. The van der Waals surface area contributed by atoms with Crippen molar-refractivity contribution >= 4 is 11.8 Å². The first-order chi connectivity index (χ1) is 5.77. The van der Waals surface area contributed by atoms with Gasteiger partial charge in [-0.3, -0.25) is 0 Å². The van der Waals surface area contributed by atoms with E-state index >= 15 is 0 Å². The summed E-state index contributed by atoms with van der Waals surface area (Å²) in [4.78, 5) is 1.04. The number of hydrogen-bond donors (Lipinski definition) is 0. The molecule has 0 aromatic heterocycles. The molecule has 0 unspecified atom stereocenters. The van der Waals surface area contributed by atoms with E-state index in [1.807, 2.05) is 0 Å². The molecule has 0 atom stereocenters. The third-order valence-electron chi connectivity index (χ3n) is 1.43. The minimum atomic E-state index is -0.307. The maximum atomic E-state index is 12.9. The maximum absolute atomic E-state index is 12.9. The van der Waals surface area contributed by atoms with Gasteiger partial charge in [-0.1, -0.05) is 6.92 Å². The highest BCUT2D eigenvalue weighted by atomic mass is 32.2. The molecule has 1 aromatic rings. The summed E-state index contributed by atoms with van der Waals surface area (Å²) in [6.45, 7) is 2.06. The molecule has 0 aliphatic rings. The molecule has 0 radical (unpaired) electrons. The Morgan fingerprint density at radius 3 is 2.83 bits per heavy atom. The number of halogens is 1. The second kappa shape index (κ2) is 4.36. The smallest absolute Gasteiger partial charge is 0.165 e. The summed E-state index contributed by atoms with van der Waals surface area (Å²) in [5.41, 5.74) is 0. The molecule has 1 rings (SSSR count). The average Bonchev–Trinajstić information content (AvgIpc) is 2.09. The molecule has 1 aromatic carbocycles. The maximum Gasteiger partial charge on any atom is 0.165 e. The summed E-state index contributed by atoms with van der Waals surface area (Å²) in [6.07, 6.45) is 0. The van der Waals surface area contributed by atoms with E-state index in [4.69, 9.17) is 4.74 Å². The van der Waals surface area contributed by atoms with E-state index in [-0.39, 0.29) is 5.82 Å². The topological polar surface area (TPSA) is 9.23 Å². The minimum absolute atomic E-state index is 0.307. The van der Waals surface area contributed by atoms with E-state index in [0.717, 1.165) is 10.6 Å². The zero-order valence-corrected chi connectivity index (χ0v) is 7.95. The summed E-state index contributed by atoms with van der Waals surface area (Å²) in [7, 11) is 1.47. The van der Waals surface area contributed by atoms with Crippen molar-refractivity contribution in [1.29, 1.82) is 0 Å². The molecule has 0 bridgehead atoms. The molecule has 0 heterocycles. The van der Waals surface area contributed by atoms with Gasteiger partial charge in [-0.2, -0.15) is 0 Å². The van der Waals surface area contributed by atoms with Gasteiger partial charge in [0.05, 0.1) is 7.11 Å². The number of ether oxygens (including phenoxy) is 1. The highest BCUT2D eigenvalue weighted by Crippen LogP contribution is 2.24. The van der Waals surface area contributed by atoms with Crippen LogP contribution in [-0.4, -0.2) is 12.9 Å². The summed E-state index contributed by atoms with van der Waals surface area (Å²) in [5, 5.41) is 0. The van der Waals surface area contributed by atoms with Gasteiger partial charge >= 0.3 is 0 Å². The number of benzene rings is 1. The lowest BCUT2D eigenvalue weighted by atomic mass is 10.3. The molecule has 66 valence electrons. The third kappa shape index (κ3) is 2.14. The van der Waals surface area contributed by atoms with Crippen molar-refractivity contribution < 1.29 is 9.13 Å². The van der Waals surface area contributed by atoms with E-state index < -0.39 is 0 Å². The van der Waals surface area contributed by atoms with Crippen molar-refractivity contribution in [3.63, 3.8) is 0 Å². The molecule has 0 amide bonds. The summed E-state index contributed by atoms with van der Waals surface area (Å²) in [5.74, 6) is 0.987. The normalized spacial score (nSPS) is 9.92. The van der Waals surface area contributed by atoms with Gasteiger partial charge in [-0.25, -0.2) is 4.39 Å². The van der Waals surface area contributed by atoms with Gasteiger partial charge in [-0.15, -0.1) is 11.8 Å². The van der Waals surface area contributed by atoms with E-state index in [1.165, 1.54) is 13.2 Å². The van der Waals surface area contributed by atoms with Crippen LogP contribution in [-0.2, 0) is 0 Å². The second-order valence-electron chi connectivity index (χ2n) is 2.23. The number of thioether (sulfide) groups is 1. The van der Waals surface area contributed by atoms with E-state index in [2.05, 4.69) is 6.92 Å². The molecular weight excluding hydrogens is 175 g/mol. The van der Waals surface area contributed by atoms with Crippen LogP contribution in [0.1, 0.15) is 6.92 Å². The average molecular weight is 186 g/mol. The Kier molecular flexibility index (Phi) is 3.41. The fraction of sp³-hybridized carbons (Fsp3) is 0.333. The van der Waals surface area contributed by atoms with Crippen molar-refractivity contribution in [3.8, 4) is 5.75 Å². The van der Waals surface area contributed by atoms with E-state index in [9.17, 15) is 4.39 Å². The number of hydrogen-bond acceptors (Lipinski definition) is 2. The minimum Gasteiger partial charge on any atom is -0.494 e. The van der Waals surface area contributed by atoms with Crippen LogP contribution < -0.4 is 4.74 Å². The van der Waals surface area contributed by atoms with Crippen LogP contribution in [0.2, 0.25) is 0 Å². The Bertz CT molecular complexity index is 263. The largest absolute Gasteiger partial charge is 0.494 e. The van der Waals surface area contributed by atoms with Gasteiger partial charge in [0, 0.05) is 4.90 Å². The Morgan fingerprint density at radius 2 is 2.25 bits per heavy atom. The SMILES string of the molecule is CCSc1ccc(F)c(OC)c1. The zero-order valence-electron chi connectivity index (χ0n) is 7.13.